The summed E-state index contributed by atoms with van der Waals surface area (Å²) in [7, 11) is 0. The van der Waals surface area contributed by atoms with Gasteiger partial charge in [0, 0.05) is 19.2 Å². The number of halogens is 2. The van der Waals surface area contributed by atoms with E-state index in [0.29, 0.717) is 11.5 Å². The average molecular weight is 190 g/mol. The fourth-order valence-corrected chi connectivity index (χ4v) is 0.863. The van der Waals surface area contributed by atoms with Crippen LogP contribution >= 0.6 is 0 Å². The number of hydrogen-bond donors (Lipinski definition) is 2. The molecule has 0 fully saturated rings. The summed E-state index contributed by atoms with van der Waals surface area (Å²) in [4.78, 5) is 0. The van der Waals surface area contributed by atoms with E-state index in [-0.39, 0.29) is 12.5 Å². The van der Waals surface area contributed by atoms with Gasteiger partial charge in [-0.25, -0.2) is 8.78 Å². The van der Waals surface area contributed by atoms with E-state index in [1.165, 1.54) is 0 Å². The lowest BCUT2D eigenvalue weighted by Crippen LogP contribution is -2.20. The maximum atomic E-state index is 12.3. The van der Waals surface area contributed by atoms with Crippen LogP contribution in [0.15, 0.2) is 11.8 Å². The van der Waals surface area contributed by atoms with E-state index >= 15 is 0 Å². The van der Waals surface area contributed by atoms with Crippen molar-refractivity contribution in [3.8, 4) is 0 Å². The lowest BCUT2D eigenvalue weighted by Gasteiger charge is -2.10. The van der Waals surface area contributed by atoms with E-state index in [9.17, 15) is 8.78 Å². The molecule has 0 saturated carbocycles. The molecule has 0 aliphatic heterocycles. The minimum Gasteiger partial charge on any atom is -0.491 e. The molecule has 0 saturated heterocycles. The molecule has 1 aliphatic rings. The lowest BCUT2D eigenvalue weighted by atomic mass is 10.2. The lowest BCUT2D eigenvalue weighted by molar-refractivity contribution is -0.0419. The van der Waals surface area contributed by atoms with Crippen molar-refractivity contribution in [1.29, 1.82) is 5.41 Å². The van der Waals surface area contributed by atoms with Crippen LogP contribution in [0.3, 0.4) is 0 Å². The number of hydrogen-bond acceptors (Lipinski definition) is 3. The Hall–Kier alpha value is -0.970. The molecule has 0 bridgehead atoms. The molecule has 13 heavy (non-hydrogen) atoms. The van der Waals surface area contributed by atoms with Gasteiger partial charge < -0.3 is 15.9 Å². The van der Waals surface area contributed by atoms with E-state index in [1.807, 2.05) is 0 Å². The summed E-state index contributed by atoms with van der Waals surface area (Å²) in [6, 6.07) is 0. The topological polar surface area (TPSA) is 59.1 Å². The maximum absolute atomic E-state index is 12.3. The highest BCUT2D eigenvalue weighted by molar-refractivity contribution is 5.92. The maximum Gasteiger partial charge on any atom is 0.278 e. The number of ether oxygens (including phenoxy) is 1. The van der Waals surface area contributed by atoms with Crippen molar-refractivity contribution in [3.05, 3.63) is 11.8 Å². The van der Waals surface area contributed by atoms with Crippen LogP contribution in [-0.2, 0) is 4.74 Å². The molecular weight excluding hydrogens is 178 g/mol. The third-order valence-electron chi connectivity index (χ3n) is 1.62. The van der Waals surface area contributed by atoms with Gasteiger partial charge in [0.25, 0.3) is 5.92 Å². The quantitative estimate of drug-likeness (QED) is 0.639. The van der Waals surface area contributed by atoms with Crippen LogP contribution < -0.4 is 5.73 Å². The zero-order valence-electron chi connectivity index (χ0n) is 7.31. The third kappa shape index (κ3) is 3.10. The van der Waals surface area contributed by atoms with Crippen LogP contribution in [-0.4, -0.2) is 24.8 Å². The number of alkyl halides is 2. The summed E-state index contributed by atoms with van der Waals surface area (Å²) >= 11 is 0. The molecular formula is C8H12F2N2O. The van der Waals surface area contributed by atoms with Gasteiger partial charge in [0.2, 0.25) is 0 Å². The molecule has 3 nitrogen and oxygen atoms in total. The number of nitrogens with one attached hydrogen (secondary N) is 1. The van der Waals surface area contributed by atoms with Gasteiger partial charge in [-0.15, -0.1) is 0 Å². The number of allylic oxidation sites excluding steroid dienone is 2. The van der Waals surface area contributed by atoms with Crippen molar-refractivity contribution in [1.82, 2.24) is 0 Å². The van der Waals surface area contributed by atoms with Crippen LogP contribution in [0.1, 0.15) is 6.92 Å². The summed E-state index contributed by atoms with van der Waals surface area (Å²) in [6.07, 6.45) is 1.61. The molecule has 0 spiro atoms. The van der Waals surface area contributed by atoms with E-state index in [1.54, 1.807) is 6.08 Å². The summed E-state index contributed by atoms with van der Waals surface area (Å²) in [5.74, 6) is -2.61. The molecule has 1 atom stereocenters. The van der Waals surface area contributed by atoms with Crippen molar-refractivity contribution in [2.24, 2.45) is 11.7 Å². The Balaban J connectivity index is 2.21. The summed E-state index contributed by atoms with van der Waals surface area (Å²) in [6.45, 7) is 0.295. The Labute approximate surface area is 75.1 Å². The Kier molecular flexibility index (Phi) is 2.66. The first-order valence-corrected chi connectivity index (χ1v) is 3.94. The van der Waals surface area contributed by atoms with Crippen molar-refractivity contribution < 1.29 is 13.5 Å². The predicted molar refractivity (Wildman–Crippen MR) is 44.9 cm³/mol. The second kappa shape index (κ2) is 3.41. The van der Waals surface area contributed by atoms with E-state index in [0.717, 1.165) is 6.92 Å². The summed E-state index contributed by atoms with van der Waals surface area (Å²) in [5.41, 5.74) is 5.50. The molecule has 1 aliphatic carbocycles. The van der Waals surface area contributed by atoms with Gasteiger partial charge in [0.15, 0.2) is 6.61 Å². The highest BCUT2D eigenvalue weighted by atomic mass is 19.3. The molecule has 74 valence electrons. The monoisotopic (exact) mass is 190 g/mol. The molecule has 0 amide bonds. The summed E-state index contributed by atoms with van der Waals surface area (Å²) in [5, 5.41) is 7.27. The van der Waals surface area contributed by atoms with Crippen molar-refractivity contribution in [2.75, 3.05) is 13.2 Å². The average Bonchev–Trinajstić information content (AvgIpc) is 2.77. The highest BCUT2D eigenvalue weighted by Crippen LogP contribution is 2.31. The highest BCUT2D eigenvalue weighted by Gasteiger charge is 2.33. The zero-order valence-corrected chi connectivity index (χ0v) is 7.31. The Morgan fingerprint density at radius 2 is 2.38 bits per heavy atom. The zero-order chi connectivity index (χ0) is 10.1. The Morgan fingerprint density at radius 3 is 2.85 bits per heavy atom. The first-order chi connectivity index (χ1) is 5.94. The summed E-state index contributed by atoms with van der Waals surface area (Å²) < 4.78 is 29.3. The van der Waals surface area contributed by atoms with E-state index in [4.69, 9.17) is 15.9 Å². The molecule has 5 heteroatoms. The van der Waals surface area contributed by atoms with Crippen molar-refractivity contribution >= 4 is 5.71 Å². The normalized spacial score (nSPS) is 20.9. The van der Waals surface area contributed by atoms with Gasteiger partial charge in [0.1, 0.15) is 5.76 Å². The molecule has 1 unspecified atom stereocenters. The van der Waals surface area contributed by atoms with Crippen LogP contribution in [0.4, 0.5) is 8.78 Å². The third-order valence-corrected chi connectivity index (χ3v) is 1.62. The predicted octanol–water partition coefficient (Wildman–Crippen LogP) is 1.15. The smallest absolute Gasteiger partial charge is 0.278 e. The largest absolute Gasteiger partial charge is 0.491 e. The first kappa shape index (κ1) is 10.1. The Bertz CT molecular complexity index is 245. The van der Waals surface area contributed by atoms with Crippen molar-refractivity contribution in [2.45, 2.75) is 12.8 Å². The minimum atomic E-state index is -2.82. The fraction of sp³-hybridized carbons (Fsp3) is 0.625. The molecule has 0 heterocycles. The second-order valence-corrected chi connectivity index (χ2v) is 3.13. The Morgan fingerprint density at radius 1 is 1.77 bits per heavy atom. The number of rotatable bonds is 5. The van der Waals surface area contributed by atoms with E-state index < -0.39 is 12.5 Å². The van der Waals surface area contributed by atoms with Crippen LogP contribution in [0, 0.1) is 11.3 Å². The molecule has 0 radical (unpaired) electrons. The van der Waals surface area contributed by atoms with Crippen LogP contribution in [0.25, 0.3) is 0 Å². The minimum absolute atomic E-state index is 0.135. The fourth-order valence-electron chi connectivity index (χ4n) is 0.863. The molecule has 3 N–H and O–H groups in total. The standard InChI is InChI=1S/C8H12F2N2O/c1-8(9,10)4-13-7-2-5(7)6(12)3-11/h2,5,12H,3-4,11H2,1H3. The second-order valence-electron chi connectivity index (χ2n) is 3.13. The number of nitrogens with two attached hydrogens (primary N) is 1. The van der Waals surface area contributed by atoms with Gasteiger partial charge in [-0.05, 0) is 6.08 Å². The molecule has 0 aromatic carbocycles. The first-order valence-electron chi connectivity index (χ1n) is 3.94. The van der Waals surface area contributed by atoms with Gasteiger partial charge in [-0.1, -0.05) is 0 Å². The van der Waals surface area contributed by atoms with Crippen molar-refractivity contribution in [3.63, 3.8) is 0 Å². The molecule has 1 rings (SSSR count). The van der Waals surface area contributed by atoms with Gasteiger partial charge in [0.05, 0.1) is 5.92 Å². The van der Waals surface area contributed by atoms with Crippen LogP contribution in [0.5, 0.6) is 0 Å². The van der Waals surface area contributed by atoms with Gasteiger partial charge >= 0.3 is 0 Å². The van der Waals surface area contributed by atoms with Crippen LogP contribution in [0.2, 0.25) is 0 Å². The molecule has 0 aromatic rings. The SMILES string of the molecule is CC(F)(F)COC1=CC1C(=N)CN. The van der Waals surface area contributed by atoms with Gasteiger partial charge in [-0.3, -0.25) is 0 Å². The molecule has 0 aromatic heterocycles. The van der Waals surface area contributed by atoms with Gasteiger partial charge in [-0.2, -0.15) is 0 Å². The van der Waals surface area contributed by atoms with E-state index in [2.05, 4.69) is 0 Å².